The van der Waals surface area contributed by atoms with Crippen LogP contribution in [-0.2, 0) is 0 Å². The van der Waals surface area contributed by atoms with Gasteiger partial charge in [0.1, 0.15) is 0 Å². The molecule has 0 saturated carbocycles. The predicted molar refractivity (Wildman–Crippen MR) is 221 cm³/mol. The summed E-state index contributed by atoms with van der Waals surface area (Å²) in [7, 11) is -0.720. The summed E-state index contributed by atoms with van der Waals surface area (Å²) in [5.74, 6) is 0. The minimum atomic E-state index is -1.35. The van der Waals surface area contributed by atoms with E-state index in [1.807, 2.05) is 0 Å². The van der Waals surface area contributed by atoms with Gasteiger partial charge in [0, 0.05) is 17.6 Å². The van der Waals surface area contributed by atoms with Gasteiger partial charge in [0.25, 0.3) is 0 Å². The first kappa shape index (κ1) is 51.7. The molecule has 256 valence electrons. The maximum absolute atomic E-state index is 2.69. The molecule has 0 nitrogen and oxygen atoms in total. The fraction of sp³-hybridized carbons (Fsp3) is 1.00. The molecule has 0 fully saturated rings. The van der Waals surface area contributed by atoms with Crippen LogP contribution >= 0.6 is 0 Å². The maximum Gasteiger partial charge on any atom is 0.0667 e. The summed E-state index contributed by atoms with van der Waals surface area (Å²) in [5, 5.41) is 4.13. The molecule has 0 saturated heterocycles. The maximum atomic E-state index is 2.69. The first-order valence-electron chi connectivity index (χ1n) is 16.8. The zero-order valence-corrected chi connectivity index (χ0v) is 43.6. The molecular weight excluding hydrogens is 674 g/mol. The van der Waals surface area contributed by atoms with E-state index in [-0.39, 0.29) is 35.2 Å². The van der Waals surface area contributed by atoms with Crippen molar-refractivity contribution in [1.82, 2.24) is 0 Å². The van der Waals surface area contributed by atoms with Gasteiger partial charge in [0.2, 0.25) is 0 Å². The van der Waals surface area contributed by atoms with E-state index >= 15 is 0 Å². The molecule has 0 aromatic carbocycles. The number of hydrogen-bond acceptors (Lipinski definition) is 0. The van der Waals surface area contributed by atoms with Gasteiger partial charge < -0.3 is 0 Å². The van der Waals surface area contributed by atoms with Crippen LogP contribution in [-0.4, -0.2) is 66.6 Å². The Labute approximate surface area is 297 Å². The molecule has 43 heavy (non-hydrogen) atoms. The van der Waals surface area contributed by atoms with Crippen LogP contribution < -0.4 is 0 Å². The van der Waals surface area contributed by atoms with Gasteiger partial charge >= 0.3 is 0 Å². The second-order valence-corrected chi connectivity index (χ2v) is 53.2. The standard InChI is InChI=1S/C18H42Si4.2C9H21Si.Ge/c1-15(2,3)21(13,16(4,5)6)19-20-22(14,17(7,8)9)18(10,11)12;2*1-8(2,3)10(7)9(4,5)6;/h1-14H3;2*1-7H3;. The molecular formula is C36H84GeSi6. The topological polar surface area (TPSA) is 0 Å². The largest absolute Gasteiger partial charge is 0.0703 e. The van der Waals surface area contributed by atoms with Crippen LogP contribution in [0.5, 0.6) is 0 Å². The summed E-state index contributed by atoms with van der Waals surface area (Å²) in [6, 6.07) is 0. The third-order valence-corrected chi connectivity index (χ3v) is 59.1. The van der Waals surface area contributed by atoms with E-state index in [4.69, 9.17) is 0 Å². The molecule has 0 heterocycles. The van der Waals surface area contributed by atoms with Crippen LogP contribution in [0.15, 0.2) is 0 Å². The minimum absolute atomic E-state index is 0. The Morgan fingerprint density at radius 3 is 0.488 bits per heavy atom. The van der Waals surface area contributed by atoms with Gasteiger partial charge in [-0.1, -0.05) is 192 Å². The zero-order valence-electron chi connectivity index (χ0n) is 35.5. The van der Waals surface area contributed by atoms with Crippen molar-refractivity contribution in [2.24, 2.45) is 0 Å². The fourth-order valence-corrected chi connectivity index (χ4v) is 54.0. The molecule has 0 N–H and O–H groups in total. The third kappa shape index (κ3) is 16.2. The molecule has 0 aromatic heterocycles. The van der Waals surface area contributed by atoms with E-state index in [1.54, 1.807) is 0 Å². The van der Waals surface area contributed by atoms with E-state index in [9.17, 15) is 0 Å². The van der Waals surface area contributed by atoms with Crippen molar-refractivity contribution >= 4 is 66.6 Å². The summed E-state index contributed by atoms with van der Waals surface area (Å²) in [6.45, 7) is 68.6. The second-order valence-electron chi connectivity index (χ2n) is 21.8. The van der Waals surface area contributed by atoms with Crippen LogP contribution in [0.25, 0.3) is 0 Å². The Morgan fingerprint density at radius 2 is 0.442 bits per heavy atom. The zero-order chi connectivity index (χ0) is 35.6. The van der Waals surface area contributed by atoms with Crippen LogP contribution in [0.2, 0.25) is 66.5 Å². The first-order chi connectivity index (χ1) is 17.5. The molecule has 8 radical (unpaired) electrons. The van der Waals surface area contributed by atoms with Crippen LogP contribution in [0.3, 0.4) is 0 Å². The van der Waals surface area contributed by atoms with Crippen molar-refractivity contribution in [2.45, 2.75) is 233 Å². The molecule has 0 bridgehead atoms. The SMILES string of the molecule is CC(C)(C)[Si](C)(/[Si]=[Si]\[Si](C)(C(C)(C)C)C(C)(C)C)C(C)(C)C.C[Si](C(C)(C)C)C(C)(C)C.C[Si](C(C)(C)C)C(C)(C)C.[Ge]. The number of hydrogen-bond donors (Lipinski definition) is 0. The molecule has 0 spiro atoms. The van der Waals surface area contributed by atoms with E-state index in [0.717, 1.165) is 0 Å². The summed E-state index contributed by atoms with van der Waals surface area (Å²) in [6.07, 6.45) is 0. The summed E-state index contributed by atoms with van der Waals surface area (Å²) < 4.78 is 0. The van der Waals surface area contributed by atoms with Gasteiger partial charge in [0.05, 0.1) is 32.8 Å². The molecule has 0 aromatic rings. The van der Waals surface area contributed by atoms with E-state index in [2.05, 4.69) is 192 Å². The van der Waals surface area contributed by atoms with Crippen molar-refractivity contribution < 1.29 is 0 Å². The van der Waals surface area contributed by atoms with E-state index < -0.39 is 15.2 Å². The predicted octanol–water partition coefficient (Wildman–Crippen LogP) is 13.7. The molecule has 0 unspecified atom stereocenters. The van der Waals surface area contributed by atoms with Gasteiger partial charge in [0.15, 0.2) is 0 Å². The average molecular weight is 758 g/mol. The van der Waals surface area contributed by atoms with Crippen molar-refractivity contribution in [1.29, 1.82) is 0 Å². The third-order valence-electron chi connectivity index (χ3n) is 11.1. The average Bonchev–Trinajstić information content (AvgIpc) is 2.65. The molecule has 0 atom stereocenters. The number of rotatable bonds is 2. The van der Waals surface area contributed by atoms with Crippen LogP contribution in [0.1, 0.15) is 166 Å². The van der Waals surface area contributed by atoms with Crippen molar-refractivity contribution in [3.05, 3.63) is 0 Å². The van der Waals surface area contributed by atoms with Gasteiger partial charge in [-0.2, -0.15) is 0 Å². The Bertz CT molecular complexity index is 695. The molecule has 0 amide bonds. The summed E-state index contributed by atoms with van der Waals surface area (Å²) in [4.78, 5) is 0. The van der Waals surface area contributed by atoms with Gasteiger partial charge in [-0.25, -0.2) is 0 Å². The first-order valence-corrected chi connectivity index (χ1v) is 30.8. The Hall–Kier alpha value is 1.84. The Kier molecular flexibility index (Phi) is 19.8. The fourth-order valence-electron chi connectivity index (χ4n) is 5.50. The van der Waals surface area contributed by atoms with Crippen LogP contribution in [0.4, 0.5) is 0 Å². The molecule has 7 heteroatoms. The molecule has 0 aliphatic carbocycles. The van der Waals surface area contributed by atoms with Gasteiger partial charge in [-0.3, -0.25) is 0 Å². The van der Waals surface area contributed by atoms with Gasteiger partial charge in [-0.15, -0.1) is 0 Å². The molecule has 0 rings (SSSR count). The second kappa shape index (κ2) is 16.5. The minimum Gasteiger partial charge on any atom is -0.0703 e. The molecule has 0 aliphatic heterocycles. The van der Waals surface area contributed by atoms with E-state index in [1.165, 1.54) is 16.3 Å². The van der Waals surface area contributed by atoms with E-state index in [0.29, 0.717) is 40.3 Å². The Morgan fingerprint density at radius 1 is 0.326 bits per heavy atom. The Balaban J connectivity index is -0.000000301. The quantitative estimate of drug-likeness (QED) is 0.246. The van der Waals surface area contributed by atoms with Crippen molar-refractivity contribution in [3.8, 4) is 0 Å². The monoisotopic (exact) mass is 758 g/mol. The van der Waals surface area contributed by atoms with Crippen molar-refractivity contribution in [3.63, 3.8) is 0 Å². The van der Waals surface area contributed by atoms with Gasteiger partial charge in [-0.05, 0) is 56.6 Å². The summed E-state index contributed by atoms with van der Waals surface area (Å²) in [5.41, 5.74) is 0. The smallest absolute Gasteiger partial charge is 0.0667 e. The van der Waals surface area contributed by atoms with Crippen molar-refractivity contribution in [2.75, 3.05) is 0 Å². The summed E-state index contributed by atoms with van der Waals surface area (Å²) >= 11 is 0. The molecule has 0 aliphatic rings. The van der Waals surface area contributed by atoms with Crippen LogP contribution in [0, 0.1) is 0 Å². The normalized spacial score (nSPS) is 15.1.